The van der Waals surface area contributed by atoms with Crippen LogP contribution in [-0.2, 0) is 9.53 Å². The number of piperidine rings is 1. The van der Waals surface area contributed by atoms with Crippen LogP contribution in [-0.4, -0.2) is 54.5 Å². The first-order valence-corrected chi connectivity index (χ1v) is 7.59. The molecule has 0 aromatic carbocycles. The van der Waals surface area contributed by atoms with Gasteiger partial charge in [0.25, 0.3) is 5.91 Å². The van der Waals surface area contributed by atoms with Gasteiger partial charge in [0.1, 0.15) is 12.3 Å². The summed E-state index contributed by atoms with van der Waals surface area (Å²) >= 11 is 3.32. The second kappa shape index (κ2) is 7.51. The molecule has 0 unspecified atom stereocenters. The molecule has 1 aliphatic rings. The first kappa shape index (κ1) is 15.9. The zero-order valence-electron chi connectivity index (χ0n) is 11.8. The number of halogens is 1. The van der Waals surface area contributed by atoms with E-state index in [0.717, 1.165) is 12.8 Å². The van der Waals surface area contributed by atoms with E-state index in [0.29, 0.717) is 23.3 Å². The molecule has 1 aromatic rings. The van der Waals surface area contributed by atoms with Crippen molar-refractivity contribution in [1.82, 2.24) is 15.2 Å². The fourth-order valence-electron chi connectivity index (χ4n) is 2.29. The van der Waals surface area contributed by atoms with Crippen molar-refractivity contribution in [2.24, 2.45) is 0 Å². The molecule has 0 aliphatic carbocycles. The molecule has 0 bridgehead atoms. The summed E-state index contributed by atoms with van der Waals surface area (Å²) in [6.07, 6.45) is 3.07. The molecule has 0 spiro atoms. The van der Waals surface area contributed by atoms with Crippen molar-refractivity contribution in [3.05, 3.63) is 28.5 Å². The Hall–Kier alpha value is -1.47. The minimum atomic E-state index is -0.191. The summed E-state index contributed by atoms with van der Waals surface area (Å²) in [5.41, 5.74) is 0.385. The maximum atomic E-state index is 12.1. The largest absolute Gasteiger partial charge is 0.375 e. The van der Waals surface area contributed by atoms with Crippen molar-refractivity contribution in [2.45, 2.75) is 18.9 Å². The summed E-state index contributed by atoms with van der Waals surface area (Å²) in [6, 6.07) is 3.62. The Kier molecular flexibility index (Phi) is 5.69. The third kappa shape index (κ3) is 4.25. The highest BCUT2D eigenvalue weighted by Crippen LogP contribution is 2.15. The second-order valence-corrected chi connectivity index (χ2v) is 5.75. The number of nitrogens with one attached hydrogen (secondary N) is 1. The predicted molar refractivity (Wildman–Crippen MR) is 80.9 cm³/mol. The van der Waals surface area contributed by atoms with Gasteiger partial charge in [0.05, 0.1) is 0 Å². The second-order valence-electron chi connectivity index (χ2n) is 4.90. The first-order valence-electron chi connectivity index (χ1n) is 6.80. The van der Waals surface area contributed by atoms with Crippen molar-refractivity contribution in [1.29, 1.82) is 0 Å². The number of nitrogens with zero attached hydrogens (tertiary/aromatic N) is 2. The molecule has 0 saturated carbocycles. The summed E-state index contributed by atoms with van der Waals surface area (Å²) in [5, 5.41) is 2.97. The van der Waals surface area contributed by atoms with Gasteiger partial charge in [-0.3, -0.25) is 9.59 Å². The third-order valence-corrected chi connectivity index (χ3v) is 4.06. The van der Waals surface area contributed by atoms with Crippen LogP contribution in [0.15, 0.2) is 22.8 Å². The molecule has 1 aromatic heterocycles. The molecule has 1 saturated heterocycles. The van der Waals surface area contributed by atoms with Gasteiger partial charge in [-0.15, -0.1) is 0 Å². The topological polar surface area (TPSA) is 71.5 Å². The normalized spacial score (nSPS) is 15.8. The van der Waals surface area contributed by atoms with E-state index in [9.17, 15) is 9.59 Å². The SMILES string of the molecule is COCC(=O)N1CCC(NC(=O)c2ncccc2Br)CC1. The van der Waals surface area contributed by atoms with Crippen LogP contribution in [0.25, 0.3) is 0 Å². The Labute approximate surface area is 132 Å². The van der Waals surface area contributed by atoms with Gasteiger partial charge in [0, 0.05) is 36.9 Å². The lowest BCUT2D eigenvalue weighted by atomic mass is 10.0. The van der Waals surface area contributed by atoms with Crippen LogP contribution in [0.4, 0.5) is 0 Å². The molecule has 1 N–H and O–H groups in total. The number of pyridine rings is 1. The van der Waals surface area contributed by atoms with E-state index in [-0.39, 0.29) is 24.5 Å². The van der Waals surface area contributed by atoms with Crippen molar-refractivity contribution in [3.63, 3.8) is 0 Å². The summed E-state index contributed by atoms with van der Waals surface area (Å²) in [5.74, 6) is -0.195. The number of rotatable bonds is 4. The molecule has 21 heavy (non-hydrogen) atoms. The predicted octanol–water partition coefficient (Wildman–Crippen LogP) is 1.21. The Morgan fingerprint density at radius 2 is 2.19 bits per heavy atom. The monoisotopic (exact) mass is 355 g/mol. The number of hydrogen-bond acceptors (Lipinski definition) is 4. The fraction of sp³-hybridized carbons (Fsp3) is 0.500. The molecule has 1 aliphatic heterocycles. The molecule has 2 amide bonds. The van der Waals surface area contributed by atoms with Gasteiger partial charge in [0.15, 0.2) is 0 Å². The van der Waals surface area contributed by atoms with Gasteiger partial charge in [-0.1, -0.05) is 0 Å². The van der Waals surface area contributed by atoms with Gasteiger partial charge in [-0.2, -0.15) is 0 Å². The molecule has 0 radical (unpaired) electrons. The van der Waals surface area contributed by atoms with Crippen LogP contribution in [0.1, 0.15) is 23.3 Å². The van der Waals surface area contributed by atoms with Crippen LogP contribution >= 0.6 is 15.9 Å². The number of amides is 2. The highest BCUT2D eigenvalue weighted by molar-refractivity contribution is 9.10. The number of hydrogen-bond donors (Lipinski definition) is 1. The van der Waals surface area contributed by atoms with E-state index < -0.39 is 0 Å². The maximum absolute atomic E-state index is 12.1. The zero-order valence-corrected chi connectivity index (χ0v) is 13.4. The van der Waals surface area contributed by atoms with Crippen LogP contribution in [0.2, 0.25) is 0 Å². The van der Waals surface area contributed by atoms with E-state index in [2.05, 4.69) is 26.2 Å². The van der Waals surface area contributed by atoms with Crippen molar-refractivity contribution >= 4 is 27.7 Å². The van der Waals surface area contributed by atoms with E-state index in [1.807, 2.05) is 0 Å². The maximum Gasteiger partial charge on any atom is 0.271 e. The number of carbonyl (C=O) groups excluding carboxylic acids is 2. The van der Waals surface area contributed by atoms with E-state index in [4.69, 9.17) is 4.74 Å². The molecule has 1 fully saturated rings. The molecule has 114 valence electrons. The van der Waals surface area contributed by atoms with Gasteiger partial charge in [-0.25, -0.2) is 4.98 Å². The molecule has 0 atom stereocenters. The quantitative estimate of drug-likeness (QED) is 0.881. The van der Waals surface area contributed by atoms with Crippen molar-refractivity contribution in [2.75, 3.05) is 26.8 Å². The molecule has 2 heterocycles. The zero-order chi connectivity index (χ0) is 15.2. The standard InChI is InChI=1S/C14H18BrN3O3/c1-21-9-12(19)18-7-4-10(5-8-18)17-14(20)13-11(15)3-2-6-16-13/h2-3,6,10H,4-5,7-9H2,1H3,(H,17,20). The molecule has 7 heteroatoms. The van der Waals surface area contributed by atoms with Gasteiger partial charge < -0.3 is 15.0 Å². The lowest BCUT2D eigenvalue weighted by molar-refractivity contribution is -0.136. The van der Waals surface area contributed by atoms with E-state index in [1.54, 1.807) is 23.2 Å². The summed E-state index contributed by atoms with van der Waals surface area (Å²) in [6.45, 7) is 1.38. The summed E-state index contributed by atoms with van der Waals surface area (Å²) < 4.78 is 5.52. The van der Waals surface area contributed by atoms with Crippen molar-refractivity contribution in [3.8, 4) is 0 Å². The number of methoxy groups -OCH3 is 1. The van der Waals surface area contributed by atoms with Crippen LogP contribution in [0, 0.1) is 0 Å². The number of likely N-dealkylation sites (tertiary alicyclic amines) is 1. The molecular weight excluding hydrogens is 338 g/mol. The molecular formula is C14H18BrN3O3. The van der Waals surface area contributed by atoms with E-state index >= 15 is 0 Å². The van der Waals surface area contributed by atoms with Gasteiger partial charge in [-0.05, 0) is 40.9 Å². The van der Waals surface area contributed by atoms with Crippen LogP contribution in [0.5, 0.6) is 0 Å². The van der Waals surface area contributed by atoms with Gasteiger partial charge in [0.2, 0.25) is 5.91 Å². The van der Waals surface area contributed by atoms with E-state index in [1.165, 1.54) is 7.11 Å². The lowest BCUT2D eigenvalue weighted by Crippen LogP contribution is -2.47. The van der Waals surface area contributed by atoms with Crippen LogP contribution < -0.4 is 5.32 Å². The van der Waals surface area contributed by atoms with Crippen LogP contribution in [0.3, 0.4) is 0 Å². The minimum Gasteiger partial charge on any atom is -0.375 e. The Morgan fingerprint density at radius 1 is 1.48 bits per heavy atom. The number of ether oxygens (including phenoxy) is 1. The van der Waals surface area contributed by atoms with Crippen molar-refractivity contribution < 1.29 is 14.3 Å². The fourth-order valence-corrected chi connectivity index (χ4v) is 2.73. The summed E-state index contributed by atoms with van der Waals surface area (Å²) in [7, 11) is 1.51. The van der Waals surface area contributed by atoms with Gasteiger partial charge >= 0.3 is 0 Å². The average molecular weight is 356 g/mol. The first-order chi connectivity index (χ1) is 10.1. The summed E-state index contributed by atoms with van der Waals surface area (Å²) in [4.78, 5) is 29.7. The molecule has 2 rings (SSSR count). The average Bonchev–Trinajstić information content (AvgIpc) is 2.48. The highest BCUT2D eigenvalue weighted by atomic mass is 79.9. The third-order valence-electron chi connectivity index (χ3n) is 3.42. The number of aromatic nitrogens is 1. The minimum absolute atomic E-state index is 0.00486. The smallest absolute Gasteiger partial charge is 0.271 e. The Balaban J connectivity index is 1.85. The highest BCUT2D eigenvalue weighted by Gasteiger charge is 2.24. The lowest BCUT2D eigenvalue weighted by Gasteiger charge is -2.32. The number of carbonyl (C=O) groups is 2. The molecule has 6 nitrogen and oxygen atoms in total. The Bertz CT molecular complexity index is 516. The Morgan fingerprint density at radius 3 is 2.81 bits per heavy atom.